The van der Waals surface area contributed by atoms with E-state index in [9.17, 15) is 4.79 Å². The van der Waals surface area contributed by atoms with Gasteiger partial charge in [0.1, 0.15) is 0 Å². The highest BCUT2D eigenvalue weighted by atomic mass is 32.1. The second-order valence-corrected chi connectivity index (χ2v) is 10.0. The van der Waals surface area contributed by atoms with Crippen LogP contribution in [-0.4, -0.2) is 56.2 Å². The van der Waals surface area contributed by atoms with Crippen LogP contribution in [0.15, 0.2) is 47.8 Å². The Labute approximate surface area is 198 Å². The summed E-state index contributed by atoms with van der Waals surface area (Å²) < 4.78 is 4.84. The van der Waals surface area contributed by atoms with Crippen molar-refractivity contribution in [3.05, 3.63) is 58.2 Å². The Bertz CT molecular complexity index is 1090. The lowest BCUT2D eigenvalue weighted by atomic mass is 9.95. The van der Waals surface area contributed by atoms with Gasteiger partial charge in [0.25, 0.3) is 0 Å². The number of thiophene rings is 1. The van der Waals surface area contributed by atoms with Crippen LogP contribution < -0.4 is 0 Å². The van der Waals surface area contributed by atoms with E-state index >= 15 is 0 Å². The first-order valence-electron chi connectivity index (χ1n) is 11.5. The summed E-state index contributed by atoms with van der Waals surface area (Å²) in [5, 5.41) is 7.00. The molecule has 5 rings (SSSR count). The predicted molar refractivity (Wildman–Crippen MR) is 130 cm³/mol. The number of nitrogens with zero attached hydrogens (tertiary/aromatic N) is 5. The van der Waals surface area contributed by atoms with Crippen molar-refractivity contribution in [2.24, 2.45) is 5.92 Å². The molecule has 2 aliphatic rings. The lowest BCUT2D eigenvalue weighted by Gasteiger charge is -2.32. The number of carbonyl (C=O) groups excluding carboxylic acids is 1. The van der Waals surface area contributed by atoms with Gasteiger partial charge in [0.05, 0.1) is 18.1 Å². The number of rotatable bonds is 6. The van der Waals surface area contributed by atoms with Crippen LogP contribution in [-0.2, 0) is 18.0 Å². The first kappa shape index (κ1) is 21.6. The van der Waals surface area contributed by atoms with Gasteiger partial charge in [-0.25, -0.2) is 4.68 Å². The molecular formula is C24H29N5OS2. The van der Waals surface area contributed by atoms with Gasteiger partial charge in [-0.15, -0.1) is 16.4 Å². The van der Waals surface area contributed by atoms with Gasteiger partial charge >= 0.3 is 0 Å². The number of hydrogen-bond acceptors (Lipinski definition) is 5. The van der Waals surface area contributed by atoms with Gasteiger partial charge < -0.3 is 4.90 Å². The Hall–Kier alpha value is -2.29. The molecule has 2 fully saturated rings. The molecule has 2 aromatic heterocycles. The van der Waals surface area contributed by atoms with Crippen LogP contribution in [0.2, 0.25) is 0 Å². The van der Waals surface area contributed by atoms with Gasteiger partial charge in [0, 0.05) is 32.1 Å². The minimum atomic E-state index is 0.176. The highest BCUT2D eigenvalue weighted by molar-refractivity contribution is 7.71. The van der Waals surface area contributed by atoms with E-state index in [0.29, 0.717) is 19.1 Å². The molecule has 168 valence electrons. The highest BCUT2D eigenvalue weighted by Crippen LogP contribution is 2.26. The van der Waals surface area contributed by atoms with Gasteiger partial charge in [-0.1, -0.05) is 36.4 Å². The largest absolute Gasteiger partial charge is 0.342 e. The van der Waals surface area contributed by atoms with Crippen molar-refractivity contribution >= 4 is 29.5 Å². The Morgan fingerprint density at radius 2 is 1.78 bits per heavy atom. The number of hydrogen-bond donors (Lipinski definition) is 0. The average Bonchev–Trinajstić information content (AvgIpc) is 3.59. The normalized spacial score (nSPS) is 17.8. The van der Waals surface area contributed by atoms with E-state index in [-0.39, 0.29) is 5.92 Å². The lowest BCUT2D eigenvalue weighted by Crippen LogP contribution is -2.42. The number of carbonyl (C=O) groups is 1. The van der Waals surface area contributed by atoms with Crippen LogP contribution in [0.1, 0.15) is 31.2 Å². The summed E-state index contributed by atoms with van der Waals surface area (Å²) in [5.74, 6) is 1.47. The van der Waals surface area contributed by atoms with E-state index in [1.807, 2.05) is 10.7 Å². The number of piperidine rings is 1. The molecule has 0 N–H and O–H groups in total. The summed E-state index contributed by atoms with van der Waals surface area (Å²) in [6, 6.07) is 14.5. The number of benzene rings is 1. The van der Waals surface area contributed by atoms with Crippen molar-refractivity contribution in [3.8, 4) is 10.7 Å². The van der Waals surface area contributed by atoms with Crippen LogP contribution in [0.3, 0.4) is 0 Å². The molecule has 1 amide bonds. The fourth-order valence-electron chi connectivity index (χ4n) is 4.74. The molecule has 32 heavy (non-hydrogen) atoms. The molecule has 0 aliphatic carbocycles. The van der Waals surface area contributed by atoms with Gasteiger partial charge in [-0.3, -0.25) is 14.3 Å². The Kier molecular flexibility index (Phi) is 6.52. The van der Waals surface area contributed by atoms with E-state index in [4.69, 9.17) is 17.3 Å². The quantitative estimate of drug-likeness (QED) is 0.502. The summed E-state index contributed by atoms with van der Waals surface area (Å²) in [5.41, 5.74) is 1.21. The standard InChI is InChI=1S/C24H29N5OS2/c30-23(27-12-4-5-13-27)20-10-14-26(15-11-20)18-29-24(31)28(17-19-7-2-1-3-8-19)22(25-29)21-9-6-16-32-21/h1-3,6-9,16,20H,4-5,10-15,17-18H2. The lowest BCUT2D eigenvalue weighted by molar-refractivity contribution is -0.136. The molecule has 3 aromatic rings. The summed E-state index contributed by atoms with van der Waals surface area (Å²) in [4.78, 5) is 18.3. The van der Waals surface area contributed by atoms with Crippen molar-refractivity contribution in [2.45, 2.75) is 38.9 Å². The first-order chi connectivity index (χ1) is 15.7. The molecule has 6 nitrogen and oxygen atoms in total. The van der Waals surface area contributed by atoms with Crippen molar-refractivity contribution in [1.29, 1.82) is 0 Å². The third-order valence-corrected chi connectivity index (χ3v) is 7.83. The second-order valence-electron chi connectivity index (χ2n) is 8.72. The highest BCUT2D eigenvalue weighted by Gasteiger charge is 2.30. The molecule has 1 aromatic carbocycles. The SMILES string of the molecule is O=C(C1CCN(Cn2nc(-c3cccs3)n(Cc3ccccc3)c2=S)CC1)N1CCCC1. The zero-order valence-electron chi connectivity index (χ0n) is 18.2. The van der Waals surface area contributed by atoms with Crippen LogP contribution >= 0.6 is 23.6 Å². The Morgan fingerprint density at radius 3 is 2.47 bits per heavy atom. The van der Waals surface area contributed by atoms with Gasteiger partial charge in [0.15, 0.2) is 10.6 Å². The number of aromatic nitrogens is 3. The molecule has 0 saturated carbocycles. The molecule has 0 spiro atoms. The maximum Gasteiger partial charge on any atom is 0.225 e. The molecule has 0 radical (unpaired) electrons. The van der Waals surface area contributed by atoms with E-state index < -0.39 is 0 Å². The minimum absolute atomic E-state index is 0.176. The summed E-state index contributed by atoms with van der Waals surface area (Å²) in [6.45, 7) is 5.08. The van der Waals surface area contributed by atoms with Crippen LogP contribution in [0, 0.1) is 10.7 Å². The number of likely N-dealkylation sites (tertiary alicyclic amines) is 2. The molecule has 2 aliphatic heterocycles. The maximum absolute atomic E-state index is 12.7. The number of amides is 1. The summed E-state index contributed by atoms with van der Waals surface area (Å²) in [7, 11) is 0. The van der Waals surface area contributed by atoms with Crippen molar-refractivity contribution in [3.63, 3.8) is 0 Å². The summed E-state index contributed by atoms with van der Waals surface area (Å²) >= 11 is 7.56. The molecule has 0 bridgehead atoms. The molecular weight excluding hydrogens is 438 g/mol. The van der Waals surface area contributed by atoms with Crippen molar-refractivity contribution in [2.75, 3.05) is 26.2 Å². The molecule has 8 heteroatoms. The van der Waals surface area contributed by atoms with Crippen LogP contribution in [0.25, 0.3) is 10.7 Å². The summed E-state index contributed by atoms with van der Waals surface area (Å²) in [6.07, 6.45) is 4.15. The molecule has 4 heterocycles. The van der Waals surface area contributed by atoms with E-state index in [1.54, 1.807) is 11.3 Å². The monoisotopic (exact) mass is 467 g/mol. The van der Waals surface area contributed by atoms with E-state index in [0.717, 1.165) is 67.3 Å². The Morgan fingerprint density at radius 1 is 1.03 bits per heavy atom. The molecule has 0 atom stereocenters. The molecule has 2 saturated heterocycles. The predicted octanol–water partition coefficient (Wildman–Crippen LogP) is 4.48. The van der Waals surface area contributed by atoms with Crippen molar-refractivity contribution in [1.82, 2.24) is 24.1 Å². The zero-order valence-corrected chi connectivity index (χ0v) is 19.9. The smallest absolute Gasteiger partial charge is 0.225 e. The third-order valence-electron chi connectivity index (χ3n) is 6.54. The second kappa shape index (κ2) is 9.68. The first-order valence-corrected chi connectivity index (χ1v) is 12.7. The topological polar surface area (TPSA) is 46.3 Å². The maximum atomic E-state index is 12.7. The fraction of sp³-hybridized carbons (Fsp3) is 0.458. The van der Waals surface area contributed by atoms with Gasteiger partial charge in [-0.2, -0.15) is 0 Å². The average molecular weight is 468 g/mol. The van der Waals surface area contributed by atoms with Gasteiger partial charge in [-0.05, 0) is 54.9 Å². The zero-order chi connectivity index (χ0) is 21.9. The minimum Gasteiger partial charge on any atom is -0.342 e. The fourth-order valence-corrected chi connectivity index (χ4v) is 5.70. The van der Waals surface area contributed by atoms with Gasteiger partial charge in [0.2, 0.25) is 5.91 Å². The van der Waals surface area contributed by atoms with E-state index in [1.165, 1.54) is 5.56 Å². The van der Waals surface area contributed by atoms with Crippen LogP contribution in [0.5, 0.6) is 0 Å². The Balaban J connectivity index is 1.30. The van der Waals surface area contributed by atoms with E-state index in [2.05, 4.69) is 56.1 Å². The molecule has 0 unspecified atom stereocenters. The van der Waals surface area contributed by atoms with Crippen LogP contribution in [0.4, 0.5) is 0 Å². The van der Waals surface area contributed by atoms with Crippen molar-refractivity contribution < 1.29 is 4.79 Å². The third kappa shape index (κ3) is 4.58.